The molecule has 1 amide bonds. The third kappa shape index (κ3) is 6.15. The molecule has 4 aromatic rings. The Bertz CT molecular complexity index is 1280. The Morgan fingerprint density at radius 3 is 2.46 bits per heavy atom. The van der Waals surface area contributed by atoms with E-state index in [2.05, 4.69) is 52.5 Å². The van der Waals surface area contributed by atoms with Crippen molar-refractivity contribution in [3.8, 4) is 22.8 Å². The van der Waals surface area contributed by atoms with Crippen molar-refractivity contribution < 1.29 is 9.53 Å². The molecule has 0 aliphatic carbocycles. The van der Waals surface area contributed by atoms with Gasteiger partial charge in [-0.05, 0) is 87.2 Å². The van der Waals surface area contributed by atoms with Crippen LogP contribution in [0.2, 0.25) is 0 Å². The van der Waals surface area contributed by atoms with Crippen LogP contribution >= 0.6 is 31.9 Å². The van der Waals surface area contributed by atoms with E-state index in [4.69, 9.17) is 9.72 Å². The summed E-state index contributed by atoms with van der Waals surface area (Å²) >= 11 is 6.64. The zero-order chi connectivity index (χ0) is 24.8. The van der Waals surface area contributed by atoms with E-state index >= 15 is 0 Å². The molecule has 4 rings (SSSR count). The van der Waals surface area contributed by atoms with Crippen LogP contribution in [0.1, 0.15) is 35.9 Å². The maximum atomic E-state index is 12.8. The van der Waals surface area contributed by atoms with Gasteiger partial charge in [0.15, 0.2) is 20.9 Å². The second-order valence-corrected chi connectivity index (χ2v) is 9.24. The van der Waals surface area contributed by atoms with E-state index in [1.807, 2.05) is 49.4 Å². The lowest BCUT2D eigenvalue weighted by atomic mass is 10.1. The zero-order valence-corrected chi connectivity index (χ0v) is 22.6. The summed E-state index contributed by atoms with van der Waals surface area (Å²) in [7, 11) is 1.64. The molecule has 11 heteroatoms. The van der Waals surface area contributed by atoms with Crippen LogP contribution in [0.4, 0.5) is 0 Å². The Hall–Kier alpha value is -3.05. The fourth-order valence-electron chi connectivity index (χ4n) is 3.48. The number of hydrogen-bond acceptors (Lipinski definition) is 6. The highest BCUT2D eigenvalue weighted by Crippen LogP contribution is 2.24. The minimum absolute atomic E-state index is 0.128. The standard InChI is InChI=1S/C24H25Br2N7O2/c1-3-20-28-23(16-9-11-19(35-2)12-10-16)33(29-20)18-8-6-7-17(15-18)24(34)27-13-4-5-14-32-30-21(25)22(26)31-32/h6-12,15H,3-5,13-14H2,1-2H3,(H,27,34). The number of amides is 1. The Kier molecular flexibility index (Phi) is 8.29. The van der Waals surface area contributed by atoms with Crippen LogP contribution in [0.25, 0.3) is 17.1 Å². The number of carbonyl (C=O) groups is 1. The molecule has 35 heavy (non-hydrogen) atoms. The largest absolute Gasteiger partial charge is 0.497 e. The number of nitrogens with one attached hydrogen (secondary N) is 1. The topological polar surface area (TPSA) is 99.8 Å². The quantitative estimate of drug-likeness (QED) is 0.261. The predicted molar refractivity (Wildman–Crippen MR) is 140 cm³/mol. The maximum absolute atomic E-state index is 12.8. The van der Waals surface area contributed by atoms with Crippen LogP contribution in [-0.4, -0.2) is 49.3 Å². The average molecular weight is 603 g/mol. The highest BCUT2D eigenvalue weighted by Gasteiger charge is 2.15. The first-order valence-corrected chi connectivity index (χ1v) is 12.8. The molecule has 0 fully saturated rings. The lowest BCUT2D eigenvalue weighted by Crippen LogP contribution is -2.24. The smallest absolute Gasteiger partial charge is 0.251 e. The van der Waals surface area contributed by atoms with Crippen molar-refractivity contribution in [2.45, 2.75) is 32.7 Å². The molecule has 0 saturated heterocycles. The summed E-state index contributed by atoms with van der Waals surface area (Å²) in [5.74, 6) is 2.09. The van der Waals surface area contributed by atoms with Crippen molar-refractivity contribution in [2.75, 3.05) is 13.7 Å². The molecule has 2 aromatic carbocycles. The van der Waals surface area contributed by atoms with Gasteiger partial charge < -0.3 is 10.1 Å². The Morgan fingerprint density at radius 2 is 1.77 bits per heavy atom. The fraction of sp³-hybridized carbons (Fsp3) is 0.292. The summed E-state index contributed by atoms with van der Waals surface area (Å²) < 4.78 is 8.41. The van der Waals surface area contributed by atoms with E-state index in [-0.39, 0.29) is 5.91 Å². The molecule has 0 atom stereocenters. The third-order valence-corrected chi connectivity index (χ3v) is 6.92. The zero-order valence-electron chi connectivity index (χ0n) is 19.4. The first kappa shape index (κ1) is 25.1. The van der Waals surface area contributed by atoms with E-state index in [1.165, 1.54) is 0 Å². The van der Waals surface area contributed by atoms with Gasteiger partial charge in [0.25, 0.3) is 5.91 Å². The van der Waals surface area contributed by atoms with Gasteiger partial charge in [0.2, 0.25) is 0 Å². The fourth-order valence-corrected chi connectivity index (χ4v) is 4.00. The summed E-state index contributed by atoms with van der Waals surface area (Å²) in [5, 5.41) is 16.1. The van der Waals surface area contributed by atoms with Crippen molar-refractivity contribution in [1.29, 1.82) is 0 Å². The van der Waals surface area contributed by atoms with Crippen LogP contribution in [0.15, 0.2) is 57.7 Å². The van der Waals surface area contributed by atoms with Crippen LogP contribution in [-0.2, 0) is 13.0 Å². The molecule has 0 saturated carbocycles. The van der Waals surface area contributed by atoms with E-state index < -0.39 is 0 Å². The van der Waals surface area contributed by atoms with E-state index in [1.54, 1.807) is 22.7 Å². The van der Waals surface area contributed by atoms with Gasteiger partial charge in [0, 0.05) is 24.1 Å². The van der Waals surface area contributed by atoms with Crippen LogP contribution in [0, 0.1) is 0 Å². The molecule has 0 aliphatic rings. The third-order valence-electron chi connectivity index (χ3n) is 5.32. The van der Waals surface area contributed by atoms with Gasteiger partial charge in [-0.3, -0.25) is 4.79 Å². The second-order valence-electron chi connectivity index (χ2n) is 7.74. The lowest BCUT2D eigenvalue weighted by Gasteiger charge is -2.09. The monoisotopic (exact) mass is 601 g/mol. The molecule has 0 spiro atoms. The number of halogens is 2. The first-order chi connectivity index (χ1) is 17.0. The van der Waals surface area contributed by atoms with E-state index in [0.717, 1.165) is 35.7 Å². The summed E-state index contributed by atoms with van der Waals surface area (Å²) in [6, 6.07) is 15.1. The molecule has 1 N–H and O–H groups in total. The van der Waals surface area contributed by atoms with Crippen molar-refractivity contribution >= 4 is 37.8 Å². The summed E-state index contributed by atoms with van der Waals surface area (Å²) in [4.78, 5) is 19.1. The molecule has 0 unspecified atom stereocenters. The SMILES string of the molecule is CCc1nc(-c2ccc(OC)cc2)n(-c2cccc(C(=O)NCCCCn3nc(Br)c(Br)n3)c2)n1. The first-order valence-electron chi connectivity index (χ1n) is 11.2. The number of carbonyl (C=O) groups excluding carboxylic acids is 1. The Balaban J connectivity index is 1.42. The molecule has 0 aliphatic heterocycles. The molecule has 9 nitrogen and oxygen atoms in total. The lowest BCUT2D eigenvalue weighted by molar-refractivity contribution is 0.0952. The van der Waals surface area contributed by atoms with Crippen LogP contribution in [0.3, 0.4) is 0 Å². The van der Waals surface area contributed by atoms with Gasteiger partial charge in [-0.15, -0.1) is 10.2 Å². The van der Waals surface area contributed by atoms with Gasteiger partial charge >= 0.3 is 0 Å². The molecular weight excluding hydrogens is 578 g/mol. The number of rotatable bonds is 10. The minimum atomic E-state index is -0.128. The average Bonchev–Trinajstić information content (AvgIpc) is 3.46. The second kappa shape index (κ2) is 11.6. The van der Waals surface area contributed by atoms with Gasteiger partial charge in [-0.1, -0.05) is 13.0 Å². The molecule has 0 bridgehead atoms. The molecule has 182 valence electrons. The predicted octanol–water partition coefficient (Wildman–Crippen LogP) is 4.83. The number of benzene rings is 2. The Morgan fingerprint density at radius 1 is 1.03 bits per heavy atom. The number of methoxy groups -OCH3 is 1. The molecule has 0 radical (unpaired) electrons. The number of aryl methyl sites for hydroxylation is 2. The van der Waals surface area contributed by atoms with Crippen molar-refractivity contribution in [2.24, 2.45) is 0 Å². The number of hydrogen-bond donors (Lipinski definition) is 1. The van der Waals surface area contributed by atoms with Crippen molar-refractivity contribution in [3.05, 3.63) is 69.1 Å². The van der Waals surface area contributed by atoms with E-state index in [0.29, 0.717) is 40.1 Å². The summed E-state index contributed by atoms with van der Waals surface area (Å²) in [5.41, 5.74) is 2.26. The molecule has 2 heterocycles. The number of nitrogens with zero attached hydrogens (tertiary/aromatic N) is 6. The van der Waals surface area contributed by atoms with Gasteiger partial charge in [-0.25, -0.2) is 9.67 Å². The van der Waals surface area contributed by atoms with Gasteiger partial charge in [0.1, 0.15) is 5.75 Å². The number of unbranched alkanes of at least 4 members (excludes halogenated alkanes) is 1. The number of aromatic nitrogens is 6. The summed E-state index contributed by atoms with van der Waals surface area (Å²) in [6.45, 7) is 3.25. The van der Waals surface area contributed by atoms with Crippen LogP contribution < -0.4 is 10.1 Å². The van der Waals surface area contributed by atoms with Gasteiger partial charge in [0.05, 0.1) is 19.3 Å². The molecule has 2 aromatic heterocycles. The number of ether oxygens (including phenoxy) is 1. The maximum Gasteiger partial charge on any atom is 0.251 e. The highest BCUT2D eigenvalue weighted by atomic mass is 79.9. The van der Waals surface area contributed by atoms with Crippen molar-refractivity contribution in [3.63, 3.8) is 0 Å². The normalized spacial score (nSPS) is 11.0. The van der Waals surface area contributed by atoms with Gasteiger partial charge in [-0.2, -0.15) is 9.90 Å². The highest BCUT2D eigenvalue weighted by molar-refractivity contribution is 9.13. The van der Waals surface area contributed by atoms with Crippen LogP contribution in [0.5, 0.6) is 5.75 Å². The van der Waals surface area contributed by atoms with E-state index in [9.17, 15) is 4.79 Å². The molecular formula is C24H25Br2N7O2. The summed E-state index contributed by atoms with van der Waals surface area (Å²) in [6.07, 6.45) is 2.36. The van der Waals surface area contributed by atoms with Crippen molar-refractivity contribution in [1.82, 2.24) is 35.1 Å². The Labute approximate surface area is 220 Å². The minimum Gasteiger partial charge on any atom is -0.497 e.